The largest absolute Gasteiger partial charge is 0.0991 e. The van der Waals surface area contributed by atoms with Crippen LogP contribution in [0.3, 0.4) is 0 Å². The third-order valence-corrected chi connectivity index (χ3v) is 2.56. The summed E-state index contributed by atoms with van der Waals surface area (Å²) in [6.07, 6.45) is 15.3. The molecule has 0 fully saturated rings. The lowest BCUT2D eigenvalue weighted by molar-refractivity contribution is 1.48. The maximum Gasteiger partial charge on any atom is -0.0233 e. The molecule has 0 saturated carbocycles. The average Bonchev–Trinajstić information content (AvgIpc) is 2.52. The van der Waals surface area contributed by atoms with Crippen LogP contribution in [0.25, 0.3) is 0 Å². The van der Waals surface area contributed by atoms with Gasteiger partial charge in [0.15, 0.2) is 0 Å². The Morgan fingerprint density at radius 3 is 1.68 bits per heavy atom. The van der Waals surface area contributed by atoms with Gasteiger partial charge in [0.05, 0.1) is 0 Å². The van der Waals surface area contributed by atoms with Crippen molar-refractivity contribution in [3.05, 3.63) is 109 Å². The summed E-state index contributed by atoms with van der Waals surface area (Å²) in [5.41, 5.74) is 4.70. The van der Waals surface area contributed by atoms with E-state index in [2.05, 4.69) is 32.9 Å². The molecule has 0 aliphatic rings. The van der Waals surface area contributed by atoms with Gasteiger partial charge in [0, 0.05) is 0 Å². The van der Waals surface area contributed by atoms with Gasteiger partial charge in [0.2, 0.25) is 0 Å². The maximum atomic E-state index is 4.04. The van der Waals surface area contributed by atoms with Gasteiger partial charge in [-0.15, -0.1) is 0 Å². The fourth-order valence-corrected chi connectivity index (χ4v) is 1.32. The van der Waals surface area contributed by atoms with Crippen LogP contribution in [-0.2, 0) is 0 Å². The summed E-state index contributed by atoms with van der Waals surface area (Å²) >= 11 is 0. The van der Waals surface area contributed by atoms with E-state index in [1.165, 1.54) is 0 Å². The Bertz CT molecular complexity index is 528. The number of hydrogen-bond donors (Lipinski definition) is 0. The van der Waals surface area contributed by atoms with Gasteiger partial charge in [-0.1, -0.05) is 101 Å². The zero-order valence-corrected chi connectivity index (χ0v) is 14.7. The summed E-state index contributed by atoms with van der Waals surface area (Å²) in [6, 6.07) is 0. The lowest BCUT2D eigenvalue weighted by Gasteiger charge is -2.03. The highest BCUT2D eigenvalue weighted by molar-refractivity contribution is 5.50. The summed E-state index contributed by atoms with van der Waals surface area (Å²) in [5, 5.41) is 0. The van der Waals surface area contributed by atoms with E-state index >= 15 is 0 Å². The second kappa shape index (κ2) is 13.6. The molecule has 22 heavy (non-hydrogen) atoms. The molecule has 0 rings (SSSR count). The highest BCUT2D eigenvalue weighted by Gasteiger charge is 1.96. The molecule has 0 atom stereocenters. The van der Waals surface area contributed by atoms with Crippen LogP contribution in [0, 0.1) is 0 Å². The molecule has 0 aliphatic heterocycles. The number of hydrogen-bond acceptors (Lipinski definition) is 0. The Morgan fingerprint density at radius 2 is 1.23 bits per heavy atom. The van der Waals surface area contributed by atoms with Gasteiger partial charge >= 0.3 is 0 Å². The van der Waals surface area contributed by atoms with Gasteiger partial charge in [0.25, 0.3) is 0 Å². The summed E-state index contributed by atoms with van der Waals surface area (Å²) in [4.78, 5) is 0. The van der Waals surface area contributed by atoms with E-state index in [0.717, 1.165) is 27.9 Å². The summed E-state index contributed by atoms with van der Waals surface area (Å²) in [5.74, 6) is 0. The number of allylic oxidation sites excluding steroid dienone is 13. The summed E-state index contributed by atoms with van der Waals surface area (Å²) < 4.78 is 0. The Balaban J connectivity index is 0. The van der Waals surface area contributed by atoms with Gasteiger partial charge < -0.3 is 0 Å². The van der Waals surface area contributed by atoms with Crippen molar-refractivity contribution < 1.29 is 0 Å². The fraction of sp³-hybridized carbons (Fsp3) is 0.182. The molecule has 0 N–H and O–H groups in total. The van der Waals surface area contributed by atoms with Crippen LogP contribution in [-0.4, -0.2) is 0 Å². The van der Waals surface area contributed by atoms with Crippen molar-refractivity contribution in [3.63, 3.8) is 0 Å². The molecule has 0 bridgehead atoms. The molecular formula is C22H30. The molecule has 0 aromatic rings. The van der Waals surface area contributed by atoms with Crippen LogP contribution in [0.2, 0.25) is 0 Å². The van der Waals surface area contributed by atoms with Gasteiger partial charge in [-0.05, 0) is 36.1 Å². The standard InChI is InChI=1S/C20H24.C2H6/c1-8-10-11-17(5)18(6)14-15-20(9-2)19(7)13-12-16(3)4;1-2/h8-15H,1,3,5-7H2,2,4H3;1-2H3/b11-10-,13-12-,15-14-,20-9+;. The van der Waals surface area contributed by atoms with Crippen molar-refractivity contribution in [1.29, 1.82) is 0 Å². The van der Waals surface area contributed by atoms with Crippen molar-refractivity contribution in [2.45, 2.75) is 27.7 Å². The first-order valence-corrected chi connectivity index (χ1v) is 7.47. The van der Waals surface area contributed by atoms with Gasteiger partial charge in [0.1, 0.15) is 0 Å². The minimum absolute atomic E-state index is 0.860. The molecule has 0 aliphatic carbocycles. The molecule has 0 unspecified atom stereocenters. The first-order chi connectivity index (χ1) is 10.4. The first-order valence-electron chi connectivity index (χ1n) is 7.47. The normalized spacial score (nSPS) is 11.4. The molecule has 0 aromatic heterocycles. The number of rotatable bonds is 8. The van der Waals surface area contributed by atoms with Crippen molar-refractivity contribution in [2.75, 3.05) is 0 Å². The van der Waals surface area contributed by atoms with Gasteiger partial charge in [-0.2, -0.15) is 0 Å². The third kappa shape index (κ3) is 10.4. The fourth-order valence-electron chi connectivity index (χ4n) is 1.32. The molecule has 0 aromatic carbocycles. The molecule has 0 nitrogen and oxygen atoms in total. The average molecular weight is 294 g/mol. The zero-order chi connectivity index (χ0) is 17.5. The molecule has 0 amide bonds. The molecule has 118 valence electrons. The summed E-state index contributed by atoms with van der Waals surface area (Å²) in [6.45, 7) is 27.4. The minimum atomic E-state index is 0.860. The third-order valence-electron chi connectivity index (χ3n) is 2.56. The molecular weight excluding hydrogens is 264 g/mol. The van der Waals surface area contributed by atoms with E-state index in [1.54, 1.807) is 6.08 Å². The van der Waals surface area contributed by atoms with Gasteiger partial charge in [-0.25, -0.2) is 0 Å². The Hall–Kier alpha value is -2.34. The maximum absolute atomic E-state index is 4.04. The molecule has 0 saturated heterocycles. The lowest BCUT2D eigenvalue weighted by atomic mass is 10.0. The van der Waals surface area contributed by atoms with Crippen LogP contribution in [0.1, 0.15) is 27.7 Å². The highest BCUT2D eigenvalue weighted by Crippen LogP contribution is 2.15. The van der Waals surface area contributed by atoms with Gasteiger partial charge in [-0.3, -0.25) is 0 Å². The molecule has 0 heterocycles. The Kier molecular flexibility index (Phi) is 13.6. The minimum Gasteiger partial charge on any atom is -0.0991 e. The predicted octanol–water partition coefficient (Wildman–Crippen LogP) is 7.06. The van der Waals surface area contributed by atoms with E-state index < -0.39 is 0 Å². The van der Waals surface area contributed by atoms with Crippen LogP contribution in [0.5, 0.6) is 0 Å². The quantitative estimate of drug-likeness (QED) is 0.420. The van der Waals surface area contributed by atoms with E-state index in [-0.39, 0.29) is 0 Å². The molecule has 0 radical (unpaired) electrons. The van der Waals surface area contributed by atoms with Crippen LogP contribution in [0.15, 0.2) is 109 Å². The zero-order valence-electron chi connectivity index (χ0n) is 14.7. The van der Waals surface area contributed by atoms with Crippen LogP contribution >= 0.6 is 0 Å². The molecule has 0 heteroatoms. The molecule has 0 spiro atoms. The van der Waals surface area contributed by atoms with Crippen LogP contribution in [0.4, 0.5) is 0 Å². The van der Waals surface area contributed by atoms with Crippen molar-refractivity contribution in [2.24, 2.45) is 0 Å². The highest BCUT2D eigenvalue weighted by atomic mass is 14.0. The van der Waals surface area contributed by atoms with Crippen molar-refractivity contribution in [3.8, 4) is 0 Å². The smallest absolute Gasteiger partial charge is 0.0233 e. The van der Waals surface area contributed by atoms with Crippen molar-refractivity contribution in [1.82, 2.24) is 0 Å². The summed E-state index contributed by atoms with van der Waals surface area (Å²) in [7, 11) is 0. The van der Waals surface area contributed by atoms with E-state index in [0.29, 0.717) is 0 Å². The van der Waals surface area contributed by atoms with E-state index in [9.17, 15) is 0 Å². The Morgan fingerprint density at radius 1 is 0.727 bits per heavy atom. The second-order valence-corrected chi connectivity index (χ2v) is 4.43. The van der Waals surface area contributed by atoms with E-state index in [4.69, 9.17) is 0 Å². The topological polar surface area (TPSA) is 0 Å². The predicted molar refractivity (Wildman–Crippen MR) is 105 cm³/mol. The van der Waals surface area contributed by atoms with E-state index in [1.807, 2.05) is 70.2 Å². The van der Waals surface area contributed by atoms with Crippen molar-refractivity contribution >= 4 is 0 Å². The second-order valence-electron chi connectivity index (χ2n) is 4.43. The van der Waals surface area contributed by atoms with Crippen LogP contribution < -0.4 is 0 Å². The lowest BCUT2D eigenvalue weighted by Crippen LogP contribution is -1.83. The Labute approximate surface area is 137 Å². The first kappa shape index (κ1) is 21.9. The SMILES string of the molecule is C=C/C=C\C(=C)C(=C)/C=C\C(=C/C)C(=C)/C=C\C(=C)C.CC. The monoisotopic (exact) mass is 294 g/mol.